The molecule has 0 aromatic carbocycles. The zero-order chi connectivity index (χ0) is 19.3. The van der Waals surface area contributed by atoms with E-state index in [1.807, 2.05) is 20.8 Å². The van der Waals surface area contributed by atoms with Crippen molar-refractivity contribution in [1.82, 2.24) is 0 Å². The smallest absolute Gasteiger partial charge is 0.323 e. The Labute approximate surface area is 155 Å². The fourth-order valence-electron chi connectivity index (χ4n) is 2.84. The summed E-state index contributed by atoms with van der Waals surface area (Å²) < 4.78 is 11.0. The van der Waals surface area contributed by atoms with Crippen molar-refractivity contribution in [1.29, 1.82) is 0 Å². The summed E-state index contributed by atoms with van der Waals surface area (Å²) in [6.07, 6.45) is 7.95. The van der Waals surface area contributed by atoms with E-state index in [9.17, 15) is 9.59 Å². The molecule has 4 nitrogen and oxygen atoms in total. The van der Waals surface area contributed by atoms with Crippen LogP contribution in [0.2, 0.25) is 0 Å². The normalized spacial score (nSPS) is 12.9. The van der Waals surface area contributed by atoms with E-state index >= 15 is 0 Å². The largest absolute Gasteiger partial charge is 0.465 e. The summed E-state index contributed by atoms with van der Waals surface area (Å²) in [5, 5.41) is 0. The zero-order valence-corrected chi connectivity index (χ0v) is 17.4. The number of hydrogen-bond donors (Lipinski definition) is 0. The van der Waals surface area contributed by atoms with Crippen molar-refractivity contribution in [3.8, 4) is 0 Å². The number of carbonyl (C=O) groups is 2. The van der Waals surface area contributed by atoms with Crippen LogP contribution in [0.15, 0.2) is 0 Å². The Morgan fingerprint density at radius 3 is 1.96 bits per heavy atom. The third kappa shape index (κ3) is 8.73. The van der Waals surface area contributed by atoms with E-state index < -0.39 is 17.4 Å². The van der Waals surface area contributed by atoms with Gasteiger partial charge in [-0.05, 0) is 44.9 Å². The molecule has 0 aromatic rings. The van der Waals surface area contributed by atoms with E-state index in [1.165, 1.54) is 12.8 Å². The van der Waals surface area contributed by atoms with E-state index in [2.05, 4.69) is 20.8 Å². The lowest BCUT2D eigenvalue weighted by Gasteiger charge is -2.28. The Morgan fingerprint density at radius 2 is 1.44 bits per heavy atom. The molecule has 0 fully saturated rings. The number of unbranched alkanes of at least 4 members (excludes halogenated alkanes) is 4. The second-order valence-corrected chi connectivity index (χ2v) is 7.53. The Morgan fingerprint density at radius 1 is 0.840 bits per heavy atom. The van der Waals surface area contributed by atoms with Gasteiger partial charge in [-0.15, -0.1) is 0 Å². The first-order chi connectivity index (χ1) is 11.8. The minimum atomic E-state index is -1.16. The molecule has 0 saturated heterocycles. The van der Waals surface area contributed by atoms with E-state index in [4.69, 9.17) is 9.47 Å². The van der Waals surface area contributed by atoms with E-state index in [0.717, 1.165) is 32.1 Å². The highest BCUT2D eigenvalue weighted by molar-refractivity contribution is 6.00. The number of rotatable bonds is 14. The Balaban J connectivity index is 4.58. The molecule has 0 aromatic heterocycles. The molecule has 0 rings (SSSR count). The standard InChI is InChI=1S/C21H40O4/c1-7-10-11-12-13-16-24-19(22)21(8-2,9-3)20(23)25-18(6)15-14-17(4)5/h17-18H,7-16H2,1-6H3. The first-order valence-corrected chi connectivity index (χ1v) is 10.2. The molecule has 0 amide bonds. The van der Waals surface area contributed by atoms with Crippen molar-refractivity contribution < 1.29 is 19.1 Å². The van der Waals surface area contributed by atoms with Gasteiger partial charge in [0, 0.05) is 0 Å². The van der Waals surface area contributed by atoms with Crippen molar-refractivity contribution in [2.24, 2.45) is 11.3 Å². The Bertz CT molecular complexity index is 372. The lowest BCUT2D eigenvalue weighted by Crippen LogP contribution is -2.42. The predicted octanol–water partition coefficient (Wildman–Crippen LogP) is 5.67. The Hall–Kier alpha value is -1.06. The summed E-state index contributed by atoms with van der Waals surface area (Å²) >= 11 is 0. The summed E-state index contributed by atoms with van der Waals surface area (Å²) in [7, 11) is 0. The maximum absolute atomic E-state index is 12.7. The molecule has 0 aliphatic rings. The lowest BCUT2D eigenvalue weighted by atomic mass is 9.82. The second kappa shape index (κ2) is 13.2. The molecule has 148 valence electrons. The van der Waals surface area contributed by atoms with Gasteiger partial charge in [0.15, 0.2) is 5.41 Å². The number of ether oxygens (including phenoxy) is 2. The molecule has 0 aliphatic carbocycles. The van der Waals surface area contributed by atoms with Gasteiger partial charge in [-0.1, -0.05) is 60.3 Å². The summed E-state index contributed by atoms with van der Waals surface area (Å²) in [4.78, 5) is 25.3. The molecule has 0 spiro atoms. The van der Waals surface area contributed by atoms with Crippen LogP contribution in [0, 0.1) is 11.3 Å². The van der Waals surface area contributed by atoms with Gasteiger partial charge < -0.3 is 9.47 Å². The molecule has 0 bridgehead atoms. The van der Waals surface area contributed by atoms with Crippen LogP contribution in [-0.4, -0.2) is 24.6 Å². The molecule has 0 aliphatic heterocycles. The molecular formula is C21H40O4. The minimum Gasteiger partial charge on any atom is -0.465 e. The average Bonchev–Trinajstić information content (AvgIpc) is 2.57. The van der Waals surface area contributed by atoms with E-state index in [0.29, 0.717) is 25.4 Å². The molecule has 0 saturated carbocycles. The summed E-state index contributed by atoms with van der Waals surface area (Å²) in [5.41, 5.74) is -1.16. The second-order valence-electron chi connectivity index (χ2n) is 7.53. The SMILES string of the molecule is CCCCCCCOC(=O)C(CC)(CC)C(=O)OC(C)CCC(C)C. The van der Waals surface area contributed by atoms with Gasteiger partial charge in [0.25, 0.3) is 0 Å². The van der Waals surface area contributed by atoms with Crippen molar-refractivity contribution in [2.75, 3.05) is 6.61 Å². The van der Waals surface area contributed by atoms with Gasteiger partial charge in [-0.25, -0.2) is 0 Å². The van der Waals surface area contributed by atoms with Crippen molar-refractivity contribution in [2.45, 2.75) is 105 Å². The maximum atomic E-state index is 12.7. The third-order valence-corrected chi connectivity index (χ3v) is 4.93. The van der Waals surface area contributed by atoms with Crippen LogP contribution < -0.4 is 0 Å². The maximum Gasteiger partial charge on any atom is 0.323 e. The zero-order valence-electron chi connectivity index (χ0n) is 17.4. The monoisotopic (exact) mass is 356 g/mol. The molecule has 1 atom stereocenters. The van der Waals surface area contributed by atoms with Crippen molar-refractivity contribution in [3.05, 3.63) is 0 Å². The molecule has 0 heterocycles. The molecule has 0 N–H and O–H groups in total. The number of carbonyl (C=O) groups excluding carboxylic acids is 2. The highest BCUT2D eigenvalue weighted by atomic mass is 16.6. The number of esters is 2. The Kier molecular flexibility index (Phi) is 12.6. The topological polar surface area (TPSA) is 52.6 Å². The van der Waals surface area contributed by atoms with Crippen molar-refractivity contribution in [3.63, 3.8) is 0 Å². The van der Waals surface area contributed by atoms with Gasteiger partial charge in [0.1, 0.15) is 0 Å². The summed E-state index contributed by atoms with van der Waals surface area (Å²) in [6, 6.07) is 0. The summed E-state index contributed by atoms with van der Waals surface area (Å²) in [6.45, 7) is 12.5. The van der Waals surface area contributed by atoms with Gasteiger partial charge >= 0.3 is 11.9 Å². The summed E-state index contributed by atoms with van der Waals surface area (Å²) in [5.74, 6) is -0.278. The molecule has 25 heavy (non-hydrogen) atoms. The van der Waals surface area contributed by atoms with Crippen LogP contribution in [0.5, 0.6) is 0 Å². The highest BCUT2D eigenvalue weighted by Gasteiger charge is 2.46. The van der Waals surface area contributed by atoms with Gasteiger partial charge in [-0.3, -0.25) is 9.59 Å². The fourth-order valence-corrected chi connectivity index (χ4v) is 2.84. The molecule has 1 unspecified atom stereocenters. The van der Waals surface area contributed by atoms with Gasteiger partial charge in [-0.2, -0.15) is 0 Å². The van der Waals surface area contributed by atoms with E-state index in [-0.39, 0.29) is 6.10 Å². The average molecular weight is 357 g/mol. The molecule has 0 radical (unpaired) electrons. The van der Waals surface area contributed by atoms with Crippen molar-refractivity contribution >= 4 is 11.9 Å². The van der Waals surface area contributed by atoms with Crippen LogP contribution in [0.3, 0.4) is 0 Å². The van der Waals surface area contributed by atoms with Crippen LogP contribution >= 0.6 is 0 Å². The first-order valence-electron chi connectivity index (χ1n) is 10.2. The highest BCUT2D eigenvalue weighted by Crippen LogP contribution is 2.31. The van der Waals surface area contributed by atoms with E-state index in [1.54, 1.807) is 0 Å². The predicted molar refractivity (Wildman–Crippen MR) is 102 cm³/mol. The first kappa shape index (κ1) is 23.9. The van der Waals surface area contributed by atoms with Gasteiger partial charge in [0.05, 0.1) is 12.7 Å². The lowest BCUT2D eigenvalue weighted by molar-refractivity contribution is -0.176. The fraction of sp³-hybridized carbons (Fsp3) is 0.905. The number of hydrogen-bond acceptors (Lipinski definition) is 4. The molecular weight excluding hydrogens is 316 g/mol. The van der Waals surface area contributed by atoms with Gasteiger partial charge in [0.2, 0.25) is 0 Å². The van der Waals surface area contributed by atoms with Crippen LogP contribution in [-0.2, 0) is 19.1 Å². The third-order valence-electron chi connectivity index (χ3n) is 4.93. The molecule has 4 heteroatoms. The van der Waals surface area contributed by atoms with Crippen LogP contribution in [0.25, 0.3) is 0 Å². The van der Waals surface area contributed by atoms with Crippen LogP contribution in [0.4, 0.5) is 0 Å². The van der Waals surface area contributed by atoms with Crippen LogP contribution in [0.1, 0.15) is 99.3 Å². The minimum absolute atomic E-state index is 0.172. The quantitative estimate of drug-likeness (QED) is 0.228.